The molecule has 2 aromatic rings. The van der Waals surface area contributed by atoms with Crippen molar-refractivity contribution in [3.63, 3.8) is 0 Å². The Hall–Kier alpha value is -3.16. The molecule has 1 atom stereocenters. The second kappa shape index (κ2) is 6.53. The van der Waals surface area contributed by atoms with E-state index in [4.69, 9.17) is 5.73 Å². The van der Waals surface area contributed by atoms with E-state index in [1.54, 1.807) is 15.8 Å². The van der Waals surface area contributed by atoms with Gasteiger partial charge in [0.25, 0.3) is 0 Å². The van der Waals surface area contributed by atoms with Crippen LogP contribution < -0.4 is 10.6 Å². The van der Waals surface area contributed by atoms with Crippen molar-refractivity contribution in [2.24, 2.45) is 5.73 Å². The van der Waals surface area contributed by atoms with Crippen LogP contribution in [0.15, 0.2) is 42.7 Å². The first-order valence-electron chi connectivity index (χ1n) is 8.96. The molecule has 3 amide bonds. The summed E-state index contributed by atoms with van der Waals surface area (Å²) < 4.78 is 1.72. The maximum Gasteiger partial charge on any atom is 0.240 e. The van der Waals surface area contributed by atoms with Crippen LogP contribution in [0.4, 0.5) is 5.69 Å². The minimum atomic E-state index is -0.784. The van der Waals surface area contributed by atoms with Gasteiger partial charge in [-0.25, -0.2) is 0 Å². The number of carbonyl (C=O) groups excluding carboxylic acids is 3. The van der Waals surface area contributed by atoms with E-state index in [1.807, 2.05) is 36.5 Å². The third-order valence-corrected chi connectivity index (χ3v) is 5.41. The number of likely N-dealkylation sites (tertiary alicyclic amines) is 1. The van der Waals surface area contributed by atoms with E-state index in [1.165, 1.54) is 4.90 Å². The van der Waals surface area contributed by atoms with Crippen LogP contribution in [0.25, 0.3) is 0 Å². The fourth-order valence-electron chi connectivity index (χ4n) is 4.13. The lowest BCUT2D eigenvalue weighted by molar-refractivity contribution is -0.131. The molecule has 1 fully saturated rings. The number of rotatable bonds is 5. The third-order valence-electron chi connectivity index (χ3n) is 5.41. The van der Waals surface area contributed by atoms with Crippen LogP contribution in [0, 0.1) is 0 Å². The maximum atomic E-state index is 13.2. The van der Waals surface area contributed by atoms with Crippen molar-refractivity contribution in [3.05, 3.63) is 48.3 Å². The van der Waals surface area contributed by atoms with Gasteiger partial charge in [-0.2, -0.15) is 5.10 Å². The molecule has 1 saturated heterocycles. The highest BCUT2D eigenvalue weighted by atomic mass is 16.2. The van der Waals surface area contributed by atoms with Gasteiger partial charge in [0.05, 0.1) is 5.41 Å². The highest BCUT2D eigenvalue weighted by Gasteiger charge is 2.55. The molecular formula is C19H21N5O3. The average molecular weight is 367 g/mol. The number of primary amides is 1. The van der Waals surface area contributed by atoms with Crippen LogP contribution in [-0.4, -0.2) is 52.0 Å². The fraction of sp³-hybridized carbons (Fsp3) is 0.368. The van der Waals surface area contributed by atoms with Gasteiger partial charge in [-0.1, -0.05) is 18.2 Å². The summed E-state index contributed by atoms with van der Waals surface area (Å²) in [5, 5.41) is 4.11. The highest BCUT2D eigenvalue weighted by Crippen LogP contribution is 2.47. The van der Waals surface area contributed by atoms with Crippen molar-refractivity contribution in [2.75, 3.05) is 24.5 Å². The first-order chi connectivity index (χ1) is 13.0. The molecule has 0 radical (unpaired) electrons. The summed E-state index contributed by atoms with van der Waals surface area (Å²) >= 11 is 0. The molecule has 8 heteroatoms. The Labute approximate surface area is 156 Å². The SMILES string of the molecule is NC(=O)CN1C(=O)[C@]2(CCN(C(=O)CCn3cccn3)C2)c2ccccc21. The van der Waals surface area contributed by atoms with Gasteiger partial charge in [0.2, 0.25) is 17.7 Å². The van der Waals surface area contributed by atoms with Crippen LogP contribution in [0.3, 0.4) is 0 Å². The molecule has 1 aromatic heterocycles. The summed E-state index contributed by atoms with van der Waals surface area (Å²) in [6, 6.07) is 9.26. The van der Waals surface area contributed by atoms with Gasteiger partial charge in [-0.05, 0) is 24.1 Å². The number of aryl methyl sites for hydroxylation is 1. The van der Waals surface area contributed by atoms with Crippen molar-refractivity contribution in [1.29, 1.82) is 0 Å². The van der Waals surface area contributed by atoms with Gasteiger partial charge in [0, 0.05) is 44.1 Å². The van der Waals surface area contributed by atoms with E-state index < -0.39 is 11.3 Å². The number of carbonyl (C=O) groups is 3. The van der Waals surface area contributed by atoms with Crippen LogP contribution >= 0.6 is 0 Å². The van der Waals surface area contributed by atoms with Crippen molar-refractivity contribution >= 4 is 23.4 Å². The zero-order valence-corrected chi connectivity index (χ0v) is 14.9. The molecule has 2 N–H and O–H groups in total. The molecule has 0 unspecified atom stereocenters. The minimum absolute atomic E-state index is 0.000933. The second-order valence-electron chi connectivity index (χ2n) is 7.04. The Kier molecular flexibility index (Phi) is 4.18. The number of nitrogens with zero attached hydrogens (tertiary/aromatic N) is 4. The molecule has 2 aliphatic heterocycles. The van der Waals surface area contributed by atoms with Crippen molar-refractivity contribution in [2.45, 2.75) is 24.8 Å². The summed E-state index contributed by atoms with van der Waals surface area (Å²) in [5.74, 6) is -0.703. The van der Waals surface area contributed by atoms with Crippen molar-refractivity contribution in [1.82, 2.24) is 14.7 Å². The van der Waals surface area contributed by atoms with Crippen molar-refractivity contribution in [3.8, 4) is 0 Å². The quantitative estimate of drug-likeness (QED) is 0.820. The third kappa shape index (κ3) is 2.87. The Morgan fingerprint density at radius 1 is 1.22 bits per heavy atom. The number of hydrogen-bond donors (Lipinski definition) is 1. The van der Waals surface area contributed by atoms with Crippen LogP contribution in [0.5, 0.6) is 0 Å². The molecule has 4 rings (SSSR count). The topological polar surface area (TPSA) is 102 Å². The average Bonchev–Trinajstić information content (AvgIpc) is 3.37. The van der Waals surface area contributed by atoms with Gasteiger partial charge in [0.15, 0.2) is 0 Å². The zero-order valence-electron chi connectivity index (χ0n) is 14.9. The predicted molar refractivity (Wildman–Crippen MR) is 97.7 cm³/mol. The molecule has 2 aliphatic rings. The van der Waals surface area contributed by atoms with Crippen LogP contribution in [0.2, 0.25) is 0 Å². The van der Waals surface area contributed by atoms with E-state index in [0.717, 1.165) is 5.56 Å². The van der Waals surface area contributed by atoms with Gasteiger partial charge < -0.3 is 15.5 Å². The summed E-state index contributed by atoms with van der Waals surface area (Å²) in [5.41, 5.74) is 6.14. The number of aromatic nitrogens is 2. The molecule has 1 aromatic carbocycles. The number of fused-ring (bicyclic) bond motifs is 2. The van der Waals surface area contributed by atoms with Crippen molar-refractivity contribution < 1.29 is 14.4 Å². The highest BCUT2D eigenvalue weighted by molar-refractivity contribution is 6.11. The number of nitrogens with two attached hydrogens (primary N) is 1. The molecule has 1 spiro atoms. The van der Waals surface area contributed by atoms with Crippen LogP contribution in [0.1, 0.15) is 18.4 Å². The summed E-state index contributed by atoms with van der Waals surface area (Å²) in [6.45, 7) is 1.21. The maximum absolute atomic E-state index is 13.2. The smallest absolute Gasteiger partial charge is 0.240 e. The van der Waals surface area contributed by atoms with Gasteiger partial charge in [-0.15, -0.1) is 0 Å². The summed E-state index contributed by atoms with van der Waals surface area (Å²) in [7, 11) is 0. The zero-order chi connectivity index (χ0) is 19.0. The molecule has 0 aliphatic carbocycles. The first kappa shape index (κ1) is 17.3. The Balaban J connectivity index is 1.54. The molecular weight excluding hydrogens is 346 g/mol. The lowest BCUT2D eigenvalue weighted by Gasteiger charge is -2.24. The second-order valence-corrected chi connectivity index (χ2v) is 7.04. The summed E-state index contributed by atoms with van der Waals surface area (Å²) in [6.07, 6.45) is 4.37. The number of anilines is 1. The molecule has 0 saturated carbocycles. The standard InChI is InChI=1S/C19H21N5O3/c20-16(25)12-24-15-5-2-1-4-14(15)19(18(24)27)7-11-22(13-19)17(26)6-10-23-9-3-8-21-23/h1-5,8-9H,6-7,10-13H2,(H2,20,25)/t19-/m0/s1. The normalized spacial score (nSPS) is 21.1. The largest absolute Gasteiger partial charge is 0.368 e. The van der Waals surface area contributed by atoms with E-state index in [0.29, 0.717) is 38.2 Å². The molecule has 0 bridgehead atoms. The Morgan fingerprint density at radius 3 is 2.78 bits per heavy atom. The van der Waals surface area contributed by atoms with E-state index in [2.05, 4.69) is 5.10 Å². The Bertz CT molecular complexity index is 895. The summed E-state index contributed by atoms with van der Waals surface area (Å²) in [4.78, 5) is 40.5. The number of para-hydroxylation sites is 1. The van der Waals surface area contributed by atoms with E-state index in [-0.39, 0.29) is 18.4 Å². The predicted octanol–water partition coefficient (Wildman–Crippen LogP) is 0.275. The molecule has 27 heavy (non-hydrogen) atoms. The fourth-order valence-corrected chi connectivity index (χ4v) is 4.13. The van der Waals surface area contributed by atoms with Crippen LogP contribution in [-0.2, 0) is 26.3 Å². The van der Waals surface area contributed by atoms with Gasteiger partial charge in [0.1, 0.15) is 6.54 Å². The number of hydrogen-bond acceptors (Lipinski definition) is 4. The monoisotopic (exact) mass is 367 g/mol. The van der Waals surface area contributed by atoms with Gasteiger partial charge >= 0.3 is 0 Å². The lowest BCUT2D eigenvalue weighted by Crippen LogP contribution is -2.45. The van der Waals surface area contributed by atoms with E-state index >= 15 is 0 Å². The number of amides is 3. The first-order valence-corrected chi connectivity index (χ1v) is 8.96. The van der Waals surface area contributed by atoms with E-state index in [9.17, 15) is 14.4 Å². The molecule has 140 valence electrons. The molecule has 3 heterocycles. The Morgan fingerprint density at radius 2 is 2.04 bits per heavy atom. The minimum Gasteiger partial charge on any atom is -0.368 e. The van der Waals surface area contributed by atoms with Gasteiger partial charge in [-0.3, -0.25) is 19.1 Å². The molecule has 8 nitrogen and oxygen atoms in total. The number of benzene rings is 1. The lowest BCUT2D eigenvalue weighted by atomic mass is 9.81.